The summed E-state index contributed by atoms with van der Waals surface area (Å²) in [6.07, 6.45) is -0.314. The van der Waals surface area contributed by atoms with Crippen LogP contribution in [0.5, 0.6) is 11.5 Å². The molecule has 24 heavy (non-hydrogen) atoms. The molecule has 0 amide bonds. The van der Waals surface area contributed by atoms with Gasteiger partial charge in [0.05, 0.1) is 12.8 Å². The third-order valence-corrected chi connectivity index (χ3v) is 2.83. The molecule has 2 aromatic carbocycles. The lowest BCUT2D eigenvalue weighted by molar-refractivity contribution is -0.154. The SMILES string of the molecule is O=C(CCC(=O)Oc1ccccc1)OCC(=O)Oc1ccccc1. The fourth-order valence-corrected chi connectivity index (χ4v) is 1.74. The second-order valence-corrected chi connectivity index (χ2v) is 4.73. The van der Waals surface area contributed by atoms with Crippen molar-refractivity contribution in [3.63, 3.8) is 0 Å². The molecule has 0 bridgehead atoms. The van der Waals surface area contributed by atoms with E-state index in [1.807, 2.05) is 0 Å². The van der Waals surface area contributed by atoms with E-state index < -0.39 is 24.5 Å². The van der Waals surface area contributed by atoms with Crippen LogP contribution in [0.2, 0.25) is 0 Å². The molecule has 0 N–H and O–H groups in total. The molecule has 0 aliphatic carbocycles. The van der Waals surface area contributed by atoms with Crippen LogP contribution >= 0.6 is 0 Å². The average molecular weight is 328 g/mol. The van der Waals surface area contributed by atoms with Gasteiger partial charge in [0, 0.05) is 0 Å². The molecule has 0 atom stereocenters. The molecule has 0 saturated carbocycles. The molecule has 6 nitrogen and oxygen atoms in total. The second kappa shape index (κ2) is 9.09. The maximum Gasteiger partial charge on any atom is 0.349 e. The van der Waals surface area contributed by atoms with E-state index in [1.54, 1.807) is 60.7 Å². The molecule has 0 heterocycles. The van der Waals surface area contributed by atoms with Gasteiger partial charge in [0.1, 0.15) is 11.5 Å². The van der Waals surface area contributed by atoms with Crippen LogP contribution < -0.4 is 9.47 Å². The standard InChI is InChI=1S/C18H16O6/c19-16(11-12-17(20)23-14-7-3-1-4-8-14)22-13-18(21)24-15-9-5-2-6-10-15/h1-10H,11-13H2. The number of benzene rings is 2. The number of carbonyl (C=O) groups is 3. The zero-order chi connectivity index (χ0) is 17.2. The van der Waals surface area contributed by atoms with Crippen molar-refractivity contribution in [2.24, 2.45) is 0 Å². The summed E-state index contributed by atoms with van der Waals surface area (Å²) < 4.78 is 14.7. The molecule has 0 aromatic heterocycles. The van der Waals surface area contributed by atoms with Crippen molar-refractivity contribution in [2.45, 2.75) is 12.8 Å². The van der Waals surface area contributed by atoms with Crippen LogP contribution in [0.4, 0.5) is 0 Å². The molecule has 0 radical (unpaired) electrons. The summed E-state index contributed by atoms with van der Waals surface area (Å²) in [5.41, 5.74) is 0. The predicted octanol–water partition coefficient (Wildman–Crippen LogP) is 2.52. The van der Waals surface area contributed by atoms with Gasteiger partial charge < -0.3 is 14.2 Å². The monoisotopic (exact) mass is 328 g/mol. The maximum absolute atomic E-state index is 11.6. The molecular formula is C18H16O6. The molecule has 0 aliphatic heterocycles. The molecule has 0 unspecified atom stereocenters. The van der Waals surface area contributed by atoms with Crippen molar-refractivity contribution >= 4 is 17.9 Å². The van der Waals surface area contributed by atoms with Crippen molar-refractivity contribution < 1.29 is 28.6 Å². The zero-order valence-corrected chi connectivity index (χ0v) is 12.8. The van der Waals surface area contributed by atoms with Gasteiger partial charge in [-0.2, -0.15) is 0 Å². The first kappa shape index (κ1) is 17.2. The lowest BCUT2D eigenvalue weighted by Gasteiger charge is -2.06. The summed E-state index contributed by atoms with van der Waals surface area (Å²) in [7, 11) is 0. The van der Waals surface area contributed by atoms with Crippen LogP contribution in [0, 0.1) is 0 Å². The predicted molar refractivity (Wildman–Crippen MR) is 84.3 cm³/mol. The normalized spacial score (nSPS) is 9.83. The summed E-state index contributed by atoms with van der Waals surface area (Å²) in [6.45, 7) is -0.512. The summed E-state index contributed by atoms with van der Waals surface area (Å²) in [5, 5.41) is 0. The number of ether oxygens (including phenoxy) is 3. The van der Waals surface area contributed by atoms with Crippen molar-refractivity contribution in [1.82, 2.24) is 0 Å². The van der Waals surface area contributed by atoms with Crippen LogP contribution in [0.15, 0.2) is 60.7 Å². The number of rotatable bonds is 7. The molecule has 0 spiro atoms. The Hall–Kier alpha value is -3.15. The Morgan fingerprint density at radius 3 is 1.62 bits per heavy atom. The van der Waals surface area contributed by atoms with Crippen LogP contribution in [0.3, 0.4) is 0 Å². The van der Waals surface area contributed by atoms with Crippen LogP contribution in [-0.4, -0.2) is 24.5 Å². The van der Waals surface area contributed by atoms with E-state index in [0.717, 1.165) is 0 Å². The highest BCUT2D eigenvalue weighted by molar-refractivity contribution is 5.81. The topological polar surface area (TPSA) is 78.9 Å². The van der Waals surface area contributed by atoms with Gasteiger partial charge in [-0.15, -0.1) is 0 Å². The van der Waals surface area contributed by atoms with Crippen molar-refractivity contribution in [2.75, 3.05) is 6.61 Å². The third-order valence-electron chi connectivity index (χ3n) is 2.83. The lowest BCUT2D eigenvalue weighted by Crippen LogP contribution is -2.19. The minimum Gasteiger partial charge on any atom is -0.454 e. The van der Waals surface area contributed by atoms with E-state index >= 15 is 0 Å². The largest absolute Gasteiger partial charge is 0.454 e. The summed E-state index contributed by atoms with van der Waals surface area (Å²) >= 11 is 0. The smallest absolute Gasteiger partial charge is 0.349 e. The number of hydrogen-bond acceptors (Lipinski definition) is 6. The molecule has 2 rings (SSSR count). The first-order valence-corrected chi connectivity index (χ1v) is 7.30. The number of para-hydroxylation sites is 2. The first-order valence-electron chi connectivity index (χ1n) is 7.30. The van der Waals surface area contributed by atoms with Gasteiger partial charge in [-0.1, -0.05) is 36.4 Å². The number of esters is 3. The van der Waals surface area contributed by atoms with E-state index in [0.29, 0.717) is 11.5 Å². The van der Waals surface area contributed by atoms with Crippen molar-refractivity contribution in [3.8, 4) is 11.5 Å². The van der Waals surface area contributed by atoms with E-state index in [2.05, 4.69) is 0 Å². The van der Waals surface area contributed by atoms with Crippen molar-refractivity contribution in [3.05, 3.63) is 60.7 Å². The Bertz CT molecular complexity index is 622. The quantitative estimate of drug-likeness (QED) is 0.574. The van der Waals surface area contributed by atoms with E-state index in [9.17, 15) is 14.4 Å². The summed E-state index contributed by atoms with van der Waals surface area (Å²) in [6, 6.07) is 17.0. The third kappa shape index (κ3) is 6.31. The van der Waals surface area contributed by atoms with Gasteiger partial charge in [-0.25, -0.2) is 4.79 Å². The molecule has 124 valence electrons. The molecule has 0 aliphatic rings. The molecule has 6 heteroatoms. The highest BCUT2D eigenvalue weighted by Gasteiger charge is 2.13. The van der Waals surface area contributed by atoms with Gasteiger partial charge in [-0.05, 0) is 24.3 Å². The Labute approximate surface area is 139 Å². The molecule has 0 saturated heterocycles. The molecular weight excluding hydrogens is 312 g/mol. The van der Waals surface area contributed by atoms with Crippen molar-refractivity contribution in [1.29, 1.82) is 0 Å². The zero-order valence-electron chi connectivity index (χ0n) is 12.8. The minimum absolute atomic E-state index is 0.137. The second-order valence-electron chi connectivity index (χ2n) is 4.73. The molecule has 2 aromatic rings. The first-order chi connectivity index (χ1) is 11.6. The Balaban J connectivity index is 1.64. The van der Waals surface area contributed by atoms with Gasteiger partial charge in [-0.3, -0.25) is 9.59 Å². The highest BCUT2D eigenvalue weighted by Crippen LogP contribution is 2.10. The van der Waals surface area contributed by atoms with Crippen LogP contribution in [0.25, 0.3) is 0 Å². The fraction of sp³-hybridized carbons (Fsp3) is 0.167. The van der Waals surface area contributed by atoms with E-state index in [-0.39, 0.29) is 12.8 Å². The van der Waals surface area contributed by atoms with Crippen LogP contribution in [0.1, 0.15) is 12.8 Å². The van der Waals surface area contributed by atoms with E-state index in [1.165, 1.54) is 0 Å². The number of carbonyl (C=O) groups excluding carboxylic acids is 3. The van der Waals surface area contributed by atoms with E-state index in [4.69, 9.17) is 14.2 Å². The maximum atomic E-state index is 11.6. The van der Waals surface area contributed by atoms with Gasteiger partial charge in [0.25, 0.3) is 0 Å². The average Bonchev–Trinajstić information content (AvgIpc) is 2.60. The highest BCUT2D eigenvalue weighted by atomic mass is 16.6. The summed E-state index contributed by atoms with van der Waals surface area (Å²) in [4.78, 5) is 34.6. The van der Waals surface area contributed by atoms with Gasteiger partial charge in [0.2, 0.25) is 0 Å². The Morgan fingerprint density at radius 2 is 1.08 bits per heavy atom. The van der Waals surface area contributed by atoms with Crippen LogP contribution in [-0.2, 0) is 19.1 Å². The minimum atomic E-state index is -0.693. The Morgan fingerprint density at radius 1 is 0.625 bits per heavy atom. The number of hydrogen-bond donors (Lipinski definition) is 0. The summed E-state index contributed by atoms with van der Waals surface area (Å²) in [5.74, 6) is -1.15. The van der Waals surface area contributed by atoms with Gasteiger partial charge >= 0.3 is 17.9 Å². The fourth-order valence-electron chi connectivity index (χ4n) is 1.74. The Kier molecular flexibility index (Phi) is 6.52. The lowest BCUT2D eigenvalue weighted by atomic mass is 10.3. The molecule has 0 fully saturated rings. The van der Waals surface area contributed by atoms with Gasteiger partial charge in [0.15, 0.2) is 6.61 Å².